The van der Waals surface area contributed by atoms with Crippen LogP contribution in [0.15, 0.2) is 18.2 Å². The summed E-state index contributed by atoms with van der Waals surface area (Å²) in [5, 5.41) is 8.35. The molecule has 0 saturated heterocycles. The molecule has 3 nitrogen and oxygen atoms in total. The third-order valence-corrected chi connectivity index (χ3v) is 1.69. The minimum absolute atomic E-state index is 0.549. The molecule has 0 aliphatic rings. The van der Waals surface area contributed by atoms with Crippen molar-refractivity contribution in [2.75, 3.05) is 6.61 Å². The van der Waals surface area contributed by atoms with Gasteiger partial charge in [-0.05, 0) is 26.0 Å². The first kappa shape index (κ1) is 9.40. The number of hydrogen-bond donors (Lipinski definition) is 0. The van der Waals surface area contributed by atoms with Gasteiger partial charge >= 0.3 is 0 Å². The lowest BCUT2D eigenvalue weighted by Gasteiger charge is -2.08. The van der Waals surface area contributed by atoms with Crippen LogP contribution in [0.1, 0.15) is 12.5 Å². The van der Waals surface area contributed by atoms with Gasteiger partial charge in [0.05, 0.1) is 6.61 Å². The Hall–Kier alpha value is -1.69. The molecule has 0 fully saturated rings. The molecule has 0 amide bonds. The van der Waals surface area contributed by atoms with Gasteiger partial charge in [0.15, 0.2) is 0 Å². The molecule has 0 heterocycles. The number of ether oxygens (including phenoxy) is 2. The van der Waals surface area contributed by atoms with E-state index in [-0.39, 0.29) is 0 Å². The minimum Gasteiger partial charge on any atom is -0.493 e. The summed E-state index contributed by atoms with van der Waals surface area (Å²) in [7, 11) is 0. The maximum atomic E-state index is 8.35. The molecule has 68 valence electrons. The lowest BCUT2D eigenvalue weighted by molar-refractivity contribution is 0.335. The third-order valence-electron chi connectivity index (χ3n) is 1.69. The van der Waals surface area contributed by atoms with E-state index in [4.69, 9.17) is 14.7 Å². The van der Waals surface area contributed by atoms with E-state index in [2.05, 4.69) is 0 Å². The van der Waals surface area contributed by atoms with Gasteiger partial charge in [0.2, 0.25) is 0 Å². The largest absolute Gasteiger partial charge is 0.493 e. The Morgan fingerprint density at radius 2 is 2.08 bits per heavy atom. The molecule has 1 aromatic rings. The Balaban J connectivity index is 2.97. The number of hydrogen-bond acceptors (Lipinski definition) is 3. The van der Waals surface area contributed by atoms with E-state index < -0.39 is 0 Å². The quantitative estimate of drug-likeness (QED) is 0.665. The van der Waals surface area contributed by atoms with Crippen molar-refractivity contribution >= 4 is 0 Å². The van der Waals surface area contributed by atoms with Crippen molar-refractivity contribution in [2.45, 2.75) is 13.8 Å². The molecular weight excluding hydrogens is 166 g/mol. The summed E-state index contributed by atoms with van der Waals surface area (Å²) in [6, 6.07) is 5.38. The van der Waals surface area contributed by atoms with E-state index in [1.807, 2.05) is 19.9 Å². The first-order valence-electron chi connectivity index (χ1n) is 4.08. The van der Waals surface area contributed by atoms with Crippen molar-refractivity contribution in [3.63, 3.8) is 0 Å². The second-order valence-electron chi connectivity index (χ2n) is 2.51. The first-order chi connectivity index (χ1) is 6.29. The van der Waals surface area contributed by atoms with E-state index in [0.29, 0.717) is 12.4 Å². The predicted molar refractivity (Wildman–Crippen MR) is 48.6 cm³/mol. The zero-order valence-electron chi connectivity index (χ0n) is 7.70. The van der Waals surface area contributed by atoms with Crippen molar-refractivity contribution in [3.8, 4) is 17.8 Å². The molecule has 0 atom stereocenters. The van der Waals surface area contributed by atoms with E-state index >= 15 is 0 Å². The molecule has 1 aromatic carbocycles. The van der Waals surface area contributed by atoms with Crippen LogP contribution in [-0.2, 0) is 0 Å². The molecular formula is C10H11NO2. The molecule has 0 spiro atoms. The fraction of sp³-hybridized carbons (Fsp3) is 0.300. The summed E-state index contributed by atoms with van der Waals surface area (Å²) in [4.78, 5) is 0. The van der Waals surface area contributed by atoms with E-state index in [0.717, 1.165) is 11.3 Å². The molecule has 13 heavy (non-hydrogen) atoms. The van der Waals surface area contributed by atoms with Crippen molar-refractivity contribution in [3.05, 3.63) is 23.8 Å². The van der Waals surface area contributed by atoms with Gasteiger partial charge in [0.25, 0.3) is 6.26 Å². The molecule has 1 rings (SSSR count). The highest BCUT2D eigenvalue weighted by molar-refractivity contribution is 5.43. The molecule has 0 aliphatic heterocycles. The van der Waals surface area contributed by atoms with Crippen molar-refractivity contribution in [1.82, 2.24) is 0 Å². The lowest BCUT2D eigenvalue weighted by Crippen LogP contribution is -1.95. The maximum Gasteiger partial charge on any atom is 0.292 e. The SMILES string of the molecule is CCOc1cccc(OC#N)c1C. The van der Waals surface area contributed by atoms with Gasteiger partial charge < -0.3 is 9.47 Å². The highest BCUT2D eigenvalue weighted by atomic mass is 16.5. The van der Waals surface area contributed by atoms with Crippen LogP contribution >= 0.6 is 0 Å². The standard InChI is InChI=1S/C10H11NO2/c1-3-12-9-5-4-6-10(8(9)2)13-7-11/h4-6H,3H2,1-2H3. The zero-order valence-corrected chi connectivity index (χ0v) is 7.70. The van der Waals surface area contributed by atoms with Crippen molar-refractivity contribution in [1.29, 1.82) is 5.26 Å². The Labute approximate surface area is 77.5 Å². The highest BCUT2D eigenvalue weighted by Crippen LogP contribution is 2.26. The van der Waals surface area contributed by atoms with Gasteiger partial charge in [-0.15, -0.1) is 5.26 Å². The monoisotopic (exact) mass is 177 g/mol. The maximum absolute atomic E-state index is 8.35. The van der Waals surface area contributed by atoms with E-state index in [1.54, 1.807) is 18.4 Å². The lowest BCUT2D eigenvalue weighted by atomic mass is 10.2. The minimum atomic E-state index is 0.549. The van der Waals surface area contributed by atoms with Crippen LogP contribution in [0, 0.1) is 18.4 Å². The summed E-state index contributed by atoms with van der Waals surface area (Å²) >= 11 is 0. The zero-order chi connectivity index (χ0) is 9.68. The van der Waals surface area contributed by atoms with Gasteiger partial charge in [0.1, 0.15) is 11.5 Å². The van der Waals surface area contributed by atoms with Gasteiger partial charge in [-0.1, -0.05) is 6.07 Å². The summed E-state index contributed by atoms with van der Waals surface area (Å²) in [6.45, 7) is 4.38. The number of benzene rings is 1. The van der Waals surface area contributed by atoms with Crippen molar-refractivity contribution < 1.29 is 9.47 Å². The van der Waals surface area contributed by atoms with Crippen molar-refractivity contribution in [2.24, 2.45) is 0 Å². The van der Waals surface area contributed by atoms with Crippen LogP contribution in [0.3, 0.4) is 0 Å². The van der Waals surface area contributed by atoms with Gasteiger partial charge in [0, 0.05) is 5.56 Å². The average molecular weight is 177 g/mol. The molecule has 0 unspecified atom stereocenters. The number of rotatable bonds is 3. The topological polar surface area (TPSA) is 42.2 Å². The summed E-state index contributed by atoms with van der Waals surface area (Å²) in [5.74, 6) is 1.31. The van der Waals surface area contributed by atoms with Gasteiger partial charge in [-0.25, -0.2) is 0 Å². The third kappa shape index (κ3) is 2.12. The average Bonchev–Trinajstić information content (AvgIpc) is 2.13. The molecule has 0 N–H and O–H groups in total. The molecule has 0 aliphatic carbocycles. The highest BCUT2D eigenvalue weighted by Gasteiger charge is 2.04. The normalized spacial score (nSPS) is 9.00. The fourth-order valence-corrected chi connectivity index (χ4v) is 1.07. The summed E-state index contributed by atoms with van der Waals surface area (Å²) < 4.78 is 10.1. The molecule has 0 bridgehead atoms. The second-order valence-corrected chi connectivity index (χ2v) is 2.51. The Morgan fingerprint density at radius 3 is 2.69 bits per heavy atom. The van der Waals surface area contributed by atoms with Crippen LogP contribution in [0.4, 0.5) is 0 Å². The molecule has 0 aromatic heterocycles. The molecule has 0 saturated carbocycles. The summed E-state index contributed by atoms with van der Waals surface area (Å²) in [6.07, 6.45) is 1.64. The Kier molecular flexibility index (Phi) is 3.15. The Bertz CT molecular complexity index is 328. The van der Waals surface area contributed by atoms with Crippen LogP contribution in [0.2, 0.25) is 0 Å². The van der Waals surface area contributed by atoms with Crippen LogP contribution in [0.5, 0.6) is 11.5 Å². The Morgan fingerprint density at radius 1 is 1.38 bits per heavy atom. The number of nitrogens with zero attached hydrogens (tertiary/aromatic N) is 1. The van der Waals surface area contributed by atoms with Crippen LogP contribution in [-0.4, -0.2) is 6.61 Å². The van der Waals surface area contributed by atoms with Crippen LogP contribution < -0.4 is 9.47 Å². The van der Waals surface area contributed by atoms with Gasteiger partial charge in [-0.3, -0.25) is 0 Å². The molecule has 0 radical (unpaired) electrons. The first-order valence-corrected chi connectivity index (χ1v) is 4.08. The van der Waals surface area contributed by atoms with Gasteiger partial charge in [-0.2, -0.15) is 0 Å². The molecule has 3 heteroatoms. The fourth-order valence-electron chi connectivity index (χ4n) is 1.07. The second kappa shape index (κ2) is 4.36. The number of nitriles is 1. The van der Waals surface area contributed by atoms with E-state index in [1.165, 1.54) is 0 Å². The summed E-state index contributed by atoms with van der Waals surface area (Å²) in [5.41, 5.74) is 0.853. The predicted octanol–water partition coefficient (Wildman–Crippen LogP) is 2.25. The van der Waals surface area contributed by atoms with E-state index in [9.17, 15) is 0 Å². The van der Waals surface area contributed by atoms with Crippen LogP contribution in [0.25, 0.3) is 0 Å². The smallest absolute Gasteiger partial charge is 0.292 e.